The van der Waals surface area contributed by atoms with Gasteiger partial charge in [-0.25, -0.2) is 0 Å². The van der Waals surface area contributed by atoms with Gasteiger partial charge in [-0.2, -0.15) is 0 Å². The number of Topliss-reactive ketones (excluding diaryl/α,β-unsaturated/α-hetero) is 1. The predicted molar refractivity (Wildman–Crippen MR) is 89.8 cm³/mol. The third-order valence-electron chi connectivity index (χ3n) is 4.04. The number of carbonyl (C=O) groups is 2. The quantitative estimate of drug-likeness (QED) is 0.722. The van der Waals surface area contributed by atoms with Crippen molar-refractivity contribution in [1.29, 1.82) is 0 Å². The fourth-order valence-electron chi connectivity index (χ4n) is 2.64. The van der Waals surface area contributed by atoms with Crippen LogP contribution in [0.4, 0.5) is 0 Å². The second-order valence-electron chi connectivity index (χ2n) is 6.27. The van der Waals surface area contributed by atoms with E-state index in [1.165, 1.54) is 0 Å². The lowest BCUT2D eigenvalue weighted by atomic mass is 9.86. The molecule has 1 aromatic carbocycles. The number of rotatable bonds is 8. The average molecular weight is 318 g/mol. The van der Waals surface area contributed by atoms with E-state index in [1.54, 1.807) is 24.3 Å². The third-order valence-corrected chi connectivity index (χ3v) is 4.04. The lowest BCUT2D eigenvalue weighted by Gasteiger charge is -2.39. The molecule has 1 aliphatic carbocycles. The summed E-state index contributed by atoms with van der Waals surface area (Å²) in [5.41, 5.74) is 0.668. The molecule has 0 heterocycles. The van der Waals surface area contributed by atoms with Crippen LogP contribution in [0.3, 0.4) is 0 Å². The molecule has 1 saturated carbocycles. The van der Waals surface area contributed by atoms with Gasteiger partial charge in [0.2, 0.25) is 0 Å². The van der Waals surface area contributed by atoms with Gasteiger partial charge in [-0.05, 0) is 37.1 Å². The van der Waals surface area contributed by atoms with Crippen molar-refractivity contribution in [2.24, 2.45) is 0 Å². The number of ketones is 1. The monoisotopic (exact) mass is 318 g/mol. The van der Waals surface area contributed by atoms with E-state index < -0.39 is 0 Å². The van der Waals surface area contributed by atoms with Crippen molar-refractivity contribution in [3.63, 3.8) is 0 Å². The Kier molecular flexibility index (Phi) is 6.16. The molecule has 23 heavy (non-hydrogen) atoms. The number of hydrogen-bond donors (Lipinski definition) is 2. The van der Waals surface area contributed by atoms with Crippen molar-refractivity contribution < 1.29 is 14.3 Å². The van der Waals surface area contributed by atoms with Gasteiger partial charge in [0, 0.05) is 30.1 Å². The van der Waals surface area contributed by atoms with E-state index in [1.807, 2.05) is 6.92 Å². The van der Waals surface area contributed by atoms with Crippen LogP contribution in [0.2, 0.25) is 0 Å². The Hall–Kier alpha value is -1.88. The molecule has 2 N–H and O–H groups in total. The number of amides is 1. The van der Waals surface area contributed by atoms with Gasteiger partial charge in [0.05, 0.1) is 0 Å². The summed E-state index contributed by atoms with van der Waals surface area (Å²) < 4.78 is 5.48. The molecule has 2 unspecified atom stereocenters. The minimum absolute atomic E-state index is 0.00797. The Labute approximate surface area is 137 Å². The van der Waals surface area contributed by atoms with Crippen LogP contribution in [-0.4, -0.2) is 36.4 Å². The van der Waals surface area contributed by atoms with Gasteiger partial charge in [-0.3, -0.25) is 9.59 Å². The van der Waals surface area contributed by atoms with Gasteiger partial charge in [-0.1, -0.05) is 20.8 Å². The van der Waals surface area contributed by atoms with Gasteiger partial charge in [0.1, 0.15) is 5.75 Å². The van der Waals surface area contributed by atoms with E-state index in [4.69, 9.17) is 4.74 Å². The van der Waals surface area contributed by atoms with Crippen LogP contribution in [-0.2, 0) is 4.79 Å². The van der Waals surface area contributed by atoms with Crippen LogP contribution in [0.25, 0.3) is 0 Å². The van der Waals surface area contributed by atoms with Gasteiger partial charge >= 0.3 is 0 Å². The molecule has 5 nitrogen and oxygen atoms in total. The summed E-state index contributed by atoms with van der Waals surface area (Å²) in [4.78, 5) is 23.5. The van der Waals surface area contributed by atoms with Crippen molar-refractivity contribution in [2.75, 3.05) is 6.61 Å². The Balaban J connectivity index is 1.75. The smallest absolute Gasteiger partial charge is 0.258 e. The molecule has 0 aliphatic heterocycles. The molecule has 1 fully saturated rings. The summed E-state index contributed by atoms with van der Waals surface area (Å²) in [6.45, 7) is 6.03. The average Bonchev–Trinajstić information content (AvgIpc) is 2.54. The second kappa shape index (κ2) is 8.11. The van der Waals surface area contributed by atoms with Crippen molar-refractivity contribution in [2.45, 2.75) is 58.2 Å². The maximum atomic E-state index is 12.0. The van der Waals surface area contributed by atoms with Gasteiger partial charge in [0.15, 0.2) is 12.4 Å². The van der Waals surface area contributed by atoms with Crippen LogP contribution in [0.15, 0.2) is 24.3 Å². The Bertz CT molecular complexity index is 540. The zero-order chi connectivity index (χ0) is 16.8. The van der Waals surface area contributed by atoms with Crippen molar-refractivity contribution >= 4 is 11.7 Å². The van der Waals surface area contributed by atoms with E-state index in [2.05, 4.69) is 24.5 Å². The van der Waals surface area contributed by atoms with Crippen LogP contribution in [0.1, 0.15) is 50.4 Å². The number of carbonyl (C=O) groups excluding carboxylic acids is 2. The van der Waals surface area contributed by atoms with Crippen molar-refractivity contribution in [3.05, 3.63) is 29.8 Å². The highest BCUT2D eigenvalue weighted by atomic mass is 16.5. The molecule has 0 bridgehead atoms. The van der Waals surface area contributed by atoms with Crippen LogP contribution in [0, 0.1) is 0 Å². The summed E-state index contributed by atoms with van der Waals surface area (Å²) in [7, 11) is 0. The van der Waals surface area contributed by atoms with Gasteiger partial charge in [0.25, 0.3) is 5.91 Å². The second-order valence-corrected chi connectivity index (χ2v) is 6.27. The molecule has 2 rings (SSSR count). The summed E-state index contributed by atoms with van der Waals surface area (Å²) in [6.07, 6.45) is 2.58. The molecule has 1 amide bonds. The minimum Gasteiger partial charge on any atom is -0.484 e. The zero-order valence-corrected chi connectivity index (χ0v) is 14.1. The first kappa shape index (κ1) is 17.5. The number of benzene rings is 1. The molecule has 126 valence electrons. The minimum atomic E-state index is -0.112. The molecule has 1 aliphatic rings. The predicted octanol–water partition coefficient (Wildman–Crippen LogP) is 2.30. The van der Waals surface area contributed by atoms with E-state index in [-0.39, 0.29) is 24.3 Å². The fourth-order valence-corrected chi connectivity index (χ4v) is 2.64. The Morgan fingerprint density at radius 2 is 1.83 bits per heavy atom. The molecule has 2 atom stereocenters. The summed E-state index contributed by atoms with van der Waals surface area (Å²) in [6, 6.07) is 7.88. The number of ether oxygens (including phenoxy) is 1. The summed E-state index contributed by atoms with van der Waals surface area (Å²) in [5, 5.41) is 6.44. The number of nitrogens with one attached hydrogen (secondary N) is 2. The summed E-state index contributed by atoms with van der Waals surface area (Å²) >= 11 is 0. The SMILES string of the molecule is CCC(=O)c1ccc(OCC(=O)NC2CCC2NC(C)C)cc1. The van der Waals surface area contributed by atoms with Crippen LogP contribution >= 0.6 is 0 Å². The first-order valence-corrected chi connectivity index (χ1v) is 8.31. The molecule has 5 heteroatoms. The van der Waals surface area contributed by atoms with Gasteiger partial charge in [-0.15, -0.1) is 0 Å². The standard InChI is InChI=1S/C18H26N2O3/c1-4-17(21)13-5-7-14(8-6-13)23-11-18(22)20-16-10-9-15(16)19-12(2)3/h5-8,12,15-16,19H,4,9-11H2,1-3H3,(H,20,22). The summed E-state index contributed by atoms with van der Waals surface area (Å²) in [5.74, 6) is 0.584. The fraction of sp³-hybridized carbons (Fsp3) is 0.556. The topological polar surface area (TPSA) is 67.4 Å². The number of hydrogen-bond acceptors (Lipinski definition) is 4. The molecular formula is C18H26N2O3. The Morgan fingerprint density at radius 3 is 2.35 bits per heavy atom. The molecule has 1 aromatic rings. The molecule has 0 radical (unpaired) electrons. The highest BCUT2D eigenvalue weighted by molar-refractivity contribution is 5.95. The maximum absolute atomic E-state index is 12.0. The maximum Gasteiger partial charge on any atom is 0.258 e. The first-order chi connectivity index (χ1) is 11.0. The van der Waals surface area contributed by atoms with Gasteiger partial charge < -0.3 is 15.4 Å². The highest BCUT2D eigenvalue weighted by Crippen LogP contribution is 2.20. The van der Waals surface area contributed by atoms with Crippen molar-refractivity contribution in [3.8, 4) is 5.75 Å². The van der Waals surface area contributed by atoms with Crippen LogP contribution in [0.5, 0.6) is 5.75 Å². The molecule has 0 spiro atoms. The third kappa shape index (κ3) is 5.06. The van der Waals surface area contributed by atoms with E-state index in [0.717, 1.165) is 12.8 Å². The van der Waals surface area contributed by atoms with Crippen LogP contribution < -0.4 is 15.4 Å². The normalized spacial score (nSPS) is 20.0. The van der Waals surface area contributed by atoms with E-state index >= 15 is 0 Å². The van der Waals surface area contributed by atoms with E-state index in [9.17, 15) is 9.59 Å². The lowest BCUT2D eigenvalue weighted by Crippen LogP contribution is -2.58. The highest BCUT2D eigenvalue weighted by Gasteiger charge is 2.32. The largest absolute Gasteiger partial charge is 0.484 e. The Morgan fingerprint density at radius 1 is 1.17 bits per heavy atom. The zero-order valence-electron chi connectivity index (χ0n) is 14.1. The first-order valence-electron chi connectivity index (χ1n) is 8.31. The lowest BCUT2D eigenvalue weighted by molar-refractivity contribution is -0.124. The van der Waals surface area contributed by atoms with E-state index in [0.29, 0.717) is 29.8 Å². The van der Waals surface area contributed by atoms with Crippen molar-refractivity contribution in [1.82, 2.24) is 10.6 Å². The molecular weight excluding hydrogens is 292 g/mol. The molecule has 0 saturated heterocycles. The molecule has 0 aromatic heterocycles.